The SMILES string of the molecule is [Au+].[C-]#Cc1ccc([N+](=O)[O-])cc1.c1ccc([PH+](c2ccccc2)c2ccccc2)cc1. The van der Waals surface area contributed by atoms with Crippen molar-refractivity contribution in [3.63, 3.8) is 0 Å². The van der Waals surface area contributed by atoms with E-state index in [0.29, 0.717) is 5.56 Å². The molecule has 0 N–H and O–H groups in total. The number of benzene rings is 4. The average molecular weight is 606 g/mol. The number of nitrogens with zero attached hydrogens (tertiary/aromatic N) is 1. The van der Waals surface area contributed by atoms with E-state index in [1.807, 2.05) is 0 Å². The van der Waals surface area contributed by atoms with Crippen molar-refractivity contribution in [2.45, 2.75) is 0 Å². The maximum Gasteiger partial charge on any atom is 1.00 e. The summed E-state index contributed by atoms with van der Waals surface area (Å²) in [7, 11) is -0.877. The van der Waals surface area contributed by atoms with Gasteiger partial charge >= 0.3 is 22.4 Å². The van der Waals surface area contributed by atoms with Gasteiger partial charge in [0.2, 0.25) is 0 Å². The van der Waals surface area contributed by atoms with Crippen LogP contribution in [0.4, 0.5) is 5.69 Å². The molecule has 0 aliphatic rings. The number of non-ortho nitro benzene ring substituents is 1. The third-order valence-corrected chi connectivity index (χ3v) is 7.14. The molecule has 0 aliphatic heterocycles. The van der Waals surface area contributed by atoms with Gasteiger partial charge in [0.25, 0.3) is 5.69 Å². The van der Waals surface area contributed by atoms with Crippen LogP contribution in [0.25, 0.3) is 0 Å². The van der Waals surface area contributed by atoms with Gasteiger partial charge in [-0.25, -0.2) is 0 Å². The van der Waals surface area contributed by atoms with Gasteiger partial charge in [-0.1, -0.05) is 54.6 Å². The average Bonchev–Trinajstić information content (AvgIpc) is 2.82. The van der Waals surface area contributed by atoms with E-state index in [2.05, 4.69) is 96.9 Å². The Bertz CT molecular complexity index is 1020. The fraction of sp³-hybridized carbons (Fsp3) is 0. The van der Waals surface area contributed by atoms with Gasteiger partial charge < -0.3 is 6.42 Å². The predicted molar refractivity (Wildman–Crippen MR) is 126 cm³/mol. The minimum absolute atomic E-state index is 0. The molecular formula is C26H20AuNO2P+. The number of nitro groups is 1. The third-order valence-electron chi connectivity index (χ3n) is 4.41. The number of hydrogen-bond acceptors (Lipinski definition) is 2. The molecule has 0 saturated carbocycles. The van der Waals surface area contributed by atoms with Gasteiger partial charge in [-0.3, -0.25) is 16.0 Å². The van der Waals surface area contributed by atoms with Crippen LogP contribution in [0.3, 0.4) is 0 Å². The Balaban J connectivity index is 0.000000245. The van der Waals surface area contributed by atoms with Crippen molar-refractivity contribution in [3.05, 3.63) is 137 Å². The van der Waals surface area contributed by atoms with Gasteiger partial charge in [0.15, 0.2) is 0 Å². The van der Waals surface area contributed by atoms with Crippen molar-refractivity contribution in [2.24, 2.45) is 0 Å². The van der Waals surface area contributed by atoms with Crippen molar-refractivity contribution < 1.29 is 27.3 Å². The molecule has 0 atom stereocenters. The van der Waals surface area contributed by atoms with Crippen molar-refractivity contribution in [1.29, 1.82) is 0 Å². The summed E-state index contributed by atoms with van der Waals surface area (Å²) in [6, 6.07) is 38.1. The summed E-state index contributed by atoms with van der Waals surface area (Å²) in [5, 5.41) is 14.4. The third kappa shape index (κ3) is 7.03. The van der Waals surface area contributed by atoms with Gasteiger partial charge in [-0.05, 0) is 48.5 Å². The summed E-state index contributed by atoms with van der Waals surface area (Å²) < 4.78 is 0. The molecule has 4 aromatic rings. The largest absolute Gasteiger partial charge is 1.00 e. The molecule has 0 aromatic heterocycles. The molecule has 3 nitrogen and oxygen atoms in total. The summed E-state index contributed by atoms with van der Waals surface area (Å²) in [5.74, 6) is 2.12. The molecule has 0 bridgehead atoms. The van der Waals surface area contributed by atoms with E-state index in [4.69, 9.17) is 6.42 Å². The zero-order valence-corrected chi connectivity index (χ0v) is 19.7. The molecule has 0 radical (unpaired) electrons. The van der Waals surface area contributed by atoms with E-state index in [9.17, 15) is 10.1 Å². The van der Waals surface area contributed by atoms with Crippen LogP contribution in [0.2, 0.25) is 0 Å². The normalized spacial score (nSPS) is 9.55. The van der Waals surface area contributed by atoms with Crippen LogP contribution < -0.4 is 15.9 Å². The Morgan fingerprint density at radius 2 is 1.00 bits per heavy atom. The quantitative estimate of drug-likeness (QED) is 0.0845. The molecule has 31 heavy (non-hydrogen) atoms. The maximum atomic E-state index is 10.1. The van der Waals surface area contributed by atoms with Crippen molar-refractivity contribution in [3.8, 4) is 5.92 Å². The maximum absolute atomic E-state index is 10.1. The standard InChI is InChI=1S/C18H15P.C8H4NO2.Au/c1-4-10-16(11-5-1)19(17-12-6-2-7-13-17)18-14-8-3-9-15-18;1-2-7-3-5-8(6-4-7)9(10)11;/h1-15H;3-6H;/q;-1;+1/p+1. The van der Waals surface area contributed by atoms with Crippen LogP contribution >= 0.6 is 7.92 Å². The number of rotatable bonds is 4. The molecule has 0 heterocycles. The van der Waals surface area contributed by atoms with E-state index < -0.39 is 12.8 Å². The van der Waals surface area contributed by atoms with E-state index in [-0.39, 0.29) is 28.1 Å². The van der Waals surface area contributed by atoms with E-state index in [0.717, 1.165) is 0 Å². The van der Waals surface area contributed by atoms with Crippen molar-refractivity contribution >= 4 is 29.5 Å². The number of nitro benzene ring substituents is 1. The molecule has 0 aliphatic carbocycles. The minimum atomic E-state index is -0.877. The molecule has 156 valence electrons. The molecule has 4 rings (SSSR count). The molecule has 0 unspecified atom stereocenters. The molecular weight excluding hydrogens is 586 g/mol. The van der Waals surface area contributed by atoms with Crippen LogP contribution in [0.15, 0.2) is 115 Å². The van der Waals surface area contributed by atoms with Crippen LogP contribution in [0.1, 0.15) is 5.56 Å². The Hall–Kier alpha value is -2.99. The Morgan fingerprint density at radius 1 is 0.645 bits per heavy atom. The molecule has 4 aromatic carbocycles. The van der Waals surface area contributed by atoms with Gasteiger partial charge in [0.1, 0.15) is 15.9 Å². The first-order valence-electron chi connectivity index (χ1n) is 9.39. The molecule has 5 heteroatoms. The second-order valence-electron chi connectivity index (χ2n) is 6.40. The summed E-state index contributed by atoms with van der Waals surface area (Å²) in [5.41, 5.74) is 0.569. The monoisotopic (exact) mass is 606 g/mol. The van der Waals surface area contributed by atoms with Gasteiger partial charge in [-0.15, -0.1) is 17.7 Å². The zero-order chi connectivity index (χ0) is 21.2. The first-order chi connectivity index (χ1) is 14.7. The second kappa shape index (κ2) is 12.6. The van der Waals surface area contributed by atoms with Crippen molar-refractivity contribution in [2.75, 3.05) is 0 Å². The van der Waals surface area contributed by atoms with E-state index in [1.54, 1.807) is 0 Å². The zero-order valence-electron chi connectivity index (χ0n) is 16.5. The Kier molecular flexibility index (Phi) is 9.91. The molecule has 0 amide bonds. The van der Waals surface area contributed by atoms with Gasteiger partial charge in [0, 0.05) is 0 Å². The van der Waals surface area contributed by atoms with Crippen LogP contribution in [0.5, 0.6) is 0 Å². The predicted octanol–water partition coefficient (Wildman–Crippen LogP) is 4.71. The van der Waals surface area contributed by atoms with Crippen LogP contribution in [0, 0.1) is 22.5 Å². The smallest absolute Gasteiger partial charge is 0.366 e. The fourth-order valence-electron chi connectivity index (χ4n) is 2.98. The summed E-state index contributed by atoms with van der Waals surface area (Å²) in [6.07, 6.45) is 6.70. The van der Waals surface area contributed by atoms with E-state index >= 15 is 0 Å². The molecule has 0 spiro atoms. The molecule has 0 fully saturated rings. The summed E-state index contributed by atoms with van der Waals surface area (Å²) >= 11 is 0. The number of hydrogen-bond donors (Lipinski definition) is 0. The van der Waals surface area contributed by atoms with E-state index in [1.165, 1.54) is 40.2 Å². The Labute approximate surface area is 199 Å². The first kappa shape index (κ1) is 24.3. The summed E-state index contributed by atoms with van der Waals surface area (Å²) in [4.78, 5) is 9.66. The van der Waals surface area contributed by atoms with Crippen molar-refractivity contribution in [1.82, 2.24) is 0 Å². The minimum Gasteiger partial charge on any atom is -0.366 e. The second-order valence-corrected chi connectivity index (χ2v) is 8.88. The van der Waals surface area contributed by atoms with Crippen LogP contribution in [-0.4, -0.2) is 4.92 Å². The Morgan fingerprint density at radius 3 is 1.29 bits per heavy atom. The topological polar surface area (TPSA) is 43.1 Å². The van der Waals surface area contributed by atoms with Gasteiger partial charge in [-0.2, -0.15) is 0 Å². The van der Waals surface area contributed by atoms with Gasteiger partial charge in [0.05, 0.1) is 12.8 Å². The fourth-order valence-corrected chi connectivity index (χ4v) is 5.56. The summed E-state index contributed by atoms with van der Waals surface area (Å²) in [6.45, 7) is 0. The van der Waals surface area contributed by atoms with Crippen LogP contribution in [-0.2, 0) is 22.4 Å². The first-order valence-corrected chi connectivity index (χ1v) is 10.9. The molecule has 0 saturated heterocycles.